The van der Waals surface area contributed by atoms with Crippen LogP contribution in [0.2, 0.25) is 0 Å². The molecule has 0 aliphatic rings. The highest BCUT2D eigenvalue weighted by molar-refractivity contribution is 7.47. The van der Waals surface area contributed by atoms with E-state index < -0.39 is 26.5 Å². The SMILES string of the molecule is CCCC/C=C\CCCCCCCC(=O)OCC(COP(=O)(O)OC)OC(=O)CCCCCCC/C=C\CCCCCC. The van der Waals surface area contributed by atoms with Crippen LogP contribution in [-0.4, -0.2) is 43.3 Å². The van der Waals surface area contributed by atoms with Gasteiger partial charge in [0.1, 0.15) is 6.61 Å². The minimum Gasteiger partial charge on any atom is -0.462 e. The summed E-state index contributed by atoms with van der Waals surface area (Å²) in [5.74, 6) is -0.828. The quantitative estimate of drug-likeness (QED) is 0.0349. The molecule has 0 aromatic heterocycles. The molecule has 0 saturated heterocycles. The van der Waals surface area contributed by atoms with Gasteiger partial charge in [0.25, 0.3) is 0 Å². The molecule has 0 saturated carbocycles. The molecular formula is C34H63O8P. The largest absolute Gasteiger partial charge is 0.472 e. The van der Waals surface area contributed by atoms with E-state index in [9.17, 15) is 19.0 Å². The molecule has 2 unspecified atom stereocenters. The number of allylic oxidation sites excluding steroid dienone is 4. The number of hydrogen-bond donors (Lipinski definition) is 1. The number of carbonyl (C=O) groups is 2. The zero-order valence-corrected chi connectivity index (χ0v) is 28.5. The first-order chi connectivity index (χ1) is 20.8. The van der Waals surface area contributed by atoms with Gasteiger partial charge in [-0.05, 0) is 57.8 Å². The summed E-state index contributed by atoms with van der Waals surface area (Å²) in [4.78, 5) is 34.1. The second-order valence-corrected chi connectivity index (χ2v) is 12.8. The van der Waals surface area contributed by atoms with Crippen molar-refractivity contribution in [2.24, 2.45) is 0 Å². The van der Waals surface area contributed by atoms with Crippen LogP contribution in [0.1, 0.15) is 155 Å². The molecule has 0 aromatic carbocycles. The Morgan fingerprint density at radius 3 is 1.58 bits per heavy atom. The van der Waals surface area contributed by atoms with Crippen molar-refractivity contribution >= 4 is 19.8 Å². The van der Waals surface area contributed by atoms with Crippen molar-refractivity contribution < 1.29 is 37.6 Å². The summed E-state index contributed by atoms with van der Waals surface area (Å²) in [7, 11) is -3.20. The lowest BCUT2D eigenvalue weighted by Crippen LogP contribution is -2.29. The maximum absolute atomic E-state index is 12.4. The first kappa shape index (κ1) is 41.5. The van der Waals surface area contributed by atoms with Crippen LogP contribution in [0.25, 0.3) is 0 Å². The van der Waals surface area contributed by atoms with Gasteiger partial charge in [0.05, 0.1) is 6.61 Å². The Bertz CT molecular complexity index is 767. The summed E-state index contributed by atoms with van der Waals surface area (Å²) >= 11 is 0. The molecule has 0 fully saturated rings. The molecule has 0 aliphatic carbocycles. The van der Waals surface area contributed by atoms with E-state index >= 15 is 0 Å². The van der Waals surface area contributed by atoms with Gasteiger partial charge in [0, 0.05) is 20.0 Å². The molecule has 9 heteroatoms. The van der Waals surface area contributed by atoms with Crippen LogP contribution in [0.15, 0.2) is 24.3 Å². The van der Waals surface area contributed by atoms with Crippen LogP contribution in [0.4, 0.5) is 0 Å². The van der Waals surface area contributed by atoms with Crippen LogP contribution >= 0.6 is 7.82 Å². The molecule has 2 atom stereocenters. The van der Waals surface area contributed by atoms with Gasteiger partial charge < -0.3 is 14.4 Å². The molecule has 1 N–H and O–H groups in total. The van der Waals surface area contributed by atoms with E-state index in [1.54, 1.807) is 0 Å². The summed E-state index contributed by atoms with van der Waals surface area (Å²) in [6.45, 7) is 3.79. The van der Waals surface area contributed by atoms with Crippen molar-refractivity contribution in [1.82, 2.24) is 0 Å². The van der Waals surface area contributed by atoms with Crippen molar-refractivity contribution in [2.45, 2.75) is 161 Å². The molecule has 0 radical (unpaired) electrons. The monoisotopic (exact) mass is 630 g/mol. The van der Waals surface area contributed by atoms with Crippen LogP contribution in [0.3, 0.4) is 0 Å². The van der Waals surface area contributed by atoms with E-state index in [2.05, 4.69) is 42.7 Å². The maximum atomic E-state index is 12.4. The lowest BCUT2D eigenvalue weighted by atomic mass is 10.1. The Balaban J connectivity index is 4.14. The molecule has 0 rings (SSSR count). The van der Waals surface area contributed by atoms with Crippen molar-refractivity contribution in [3.63, 3.8) is 0 Å². The van der Waals surface area contributed by atoms with E-state index in [1.165, 1.54) is 44.9 Å². The van der Waals surface area contributed by atoms with Crippen molar-refractivity contribution in [3.8, 4) is 0 Å². The van der Waals surface area contributed by atoms with E-state index in [-0.39, 0.29) is 25.4 Å². The number of unbranched alkanes of at least 4 members (excludes halogenated alkanes) is 16. The number of phosphoric ester groups is 1. The van der Waals surface area contributed by atoms with Crippen LogP contribution < -0.4 is 0 Å². The van der Waals surface area contributed by atoms with Gasteiger partial charge >= 0.3 is 19.8 Å². The van der Waals surface area contributed by atoms with Crippen LogP contribution in [0.5, 0.6) is 0 Å². The average Bonchev–Trinajstić information content (AvgIpc) is 2.99. The van der Waals surface area contributed by atoms with Gasteiger partial charge in [0.15, 0.2) is 6.10 Å². The molecule has 0 aliphatic heterocycles. The first-order valence-corrected chi connectivity index (χ1v) is 18.5. The predicted octanol–water partition coefficient (Wildman–Crippen LogP) is 9.94. The first-order valence-electron chi connectivity index (χ1n) is 17.0. The van der Waals surface area contributed by atoms with E-state index in [4.69, 9.17) is 14.0 Å². The summed E-state index contributed by atoms with van der Waals surface area (Å²) < 4.78 is 31.7. The summed E-state index contributed by atoms with van der Waals surface area (Å²) in [5, 5.41) is 0. The van der Waals surface area contributed by atoms with E-state index in [0.717, 1.165) is 84.2 Å². The van der Waals surface area contributed by atoms with E-state index in [0.29, 0.717) is 6.42 Å². The Labute approximate surface area is 263 Å². The second-order valence-electron chi connectivity index (χ2n) is 11.3. The molecular weight excluding hydrogens is 567 g/mol. The number of hydrogen-bond acceptors (Lipinski definition) is 7. The molecule has 8 nitrogen and oxygen atoms in total. The highest BCUT2D eigenvalue weighted by Gasteiger charge is 2.24. The van der Waals surface area contributed by atoms with Gasteiger partial charge in [-0.15, -0.1) is 0 Å². The Morgan fingerprint density at radius 1 is 0.628 bits per heavy atom. The summed E-state index contributed by atoms with van der Waals surface area (Å²) in [6.07, 6.45) is 30.8. The van der Waals surface area contributed by atoms with Gasteiger partial charge in [-0.3, -0.25) is 18.6 Å². The van der Waals surface area contributed by atoms with Crippen molar-refractivity contribution in [2.75, 3.05) is 20.3 Å². The standard InChI is InChI=1S/C34H63O8P/c1-4-6-8-10-12-14-16-17-19-21-23-25-27-29-34(36)42-32(31-41-43(37,38)39-3)30-40-33(35)28-26-24-22-20-18-15-13-11-9-7-5-2/h11,13-14,16,32H,4-10,12,15,17-31H2,1-3H3,(H,37,38)/b13-11-,16-14-. The predicted molar refractivity (Wildman–Crippen MR) is 175 cm³/mol. The van der Waals surface area contributed by atoms with Crippen LogP contribution in [0, 0.1) is 0 Å². The second kappa shape index (κ2) is 30.6. The number of carbonyl (C=O) groups excluding carboxylic acids is 2. The molecule has 0 spiro atoms. The highest BCUT2D eigenvalue weighted by atomic mass is 31.2. The third-order valence-electron chi connectivity index (χ3n) is 7.17. The molecule has 0 bridgehead atoms. The van der Waals surface area contributed by atoms with Crippen LogP contribution in [-0.2, 0) is 32.7 Å². The normalized spacial score (nSPS) is 13.9. The van der Waals surface area contributed by atoms with Gasteiger partial charge in [0.2, 0.25) is 0 Å². The minimum atomic E-state index is -4.25. The maximum Gasteiger partial charge on any atom is 0.472 e. The molecule has 0 aromatic rings. The van der Waals surface area contributed by atoms with Gasteiger partial charge in [-0.1, -0.05) is 109 Å². The average molecular weight is 631 g/mol. The van der Waals surface area contributed by atoms with E-state index in [1.807, 2.05) is 0 Å². The fourth-order valence-corrected chi connectivity index (χ4v) is 4.92. The fraction of sp³-hybridized carbons (Fsp3) is 0.824. The lowest BCUT2D eigenvalue weighted by Gasteiger charge is -2.19. The Kier molecular flexibility index (Phi) is 29.5. The third kappa shape index (κ3) is 30.3. The number of esters is 2. The Hall–Kier alpha value is -1.47. The fourth-order valence-electron chi connectivity index (χ4n) is 4.46. The van der Waals surface area contributed by atoms with Crippen molar-refractivity contribution in [1.29, 1.82) is 0 Å². The Morgan fingerprint density at radius 2 is 1.07 bits per heavy atom. The summed E-state index contributed by atoms with van der Waals surface area (Å²) in [5.41, 5.74) is 0. The number of rotatable bonds is 31. The molecule has 0 heterocycles. The molecule has 43 heavy (non-hydrogen) atoms. The van der Waals surface area contributed by atoms with Gasteiger partial charge in [-0.25, -0.2) is 4.57 Å². The molecule has 0 amide bonds. The summed E-state index contributed by atoms with van der Waals surface area (Å²) in [6, 6.07) is 0. The zero-order chi connectivity index (χ0) is 31.9. The highest BCUT2D eigenvalue weighted by Crippen LogP contribution is 2.42. The number of phosphoric acid groups is 1. The smallest absolute Gasteiger partial charge is 0.462 e. The lowest BCUT2D eigenvalue weighted by molar-refractivity contribution is -0.161. The zero-order valence-electron chi connectivity index (χ0n) is 27.6. The van der Waals surface area contributed by atoms with Gasteiger partial charge in [-0.2, -0.15) is 0 Å². The van der Waals surface area contributed by atoms with Crippen molar-refractivity contribution in [3.05, 3.63) is 24.3 Å². The topological polar surface area (TPSA) is 108 Å². The number of ether oxygens (including phenoxy) is 2. The minimum absolute atomic E-state index is 0.231. The third-order valence-corrected chi connectivity index (χ3v) is 8.10. The molecule has 252 valence electrons.